The number of benzene rings is 2. The monoisotopic (exact) mass is 386 g/mol. The molecule has 0 fully saturated rings. The van der Waals surface area contributed by atoms with E-state index in [1.54, 1.807) is 36.4 Å². The van der Waals surface area contributed by atoms with Crippen molar-refractivity contribution in [1.29, 1.82) is 0 Å². The van der Waals surface area contributed by atoms with Crippen molar-refractivity contribution in [2.24, 2.45) is 0 Å². The number of rotatable bonds is 7. The number of amides is 3. The normalized spacial score (nSPS) is 11.1. The molecule has 3 amide bonds. The topological polar surface area (TPSA) is 103 Å². The van der Waals surface area contributed by atoms with Gasteiger partial charge in [-0.05, 0) is 25.1 Å². The number of hydrogen-bond acceptors (Lipinski definition) is 6. The number of methoxy groups -OCH3 is 1. The number of ether oxygens (including phenoxy) is 3. The van der Waals surface area contributed by atoms with Gasteiger partial charge in [0.25, 0.3) is 5.91 Å². The minimum atomic E-state index is -1.30. The van der Waals surface area contributed by atoms with Crippen LogP contribution in [0.1, 0.15) is 28.9 Å². The third kappa shape index (κ3) is 5.23. The van der Waals surface area contributed by atoms with E-state index in [1.165, 1.54) is 26.3 Å². The first kappa shape index (κ1) is 20.8. The molecule has 0 saturated heterocycles. The number of imide groups is 1. The van der Waals surface area contributed by atoms with Gasteiger partial charge in [0.2, 0.25) is 6.10 Å². The third-order valence-corrected chi connectivity index (χ3v) is 3.73. The van der Waals surface area contributed by atoms with Crippen LogP contribution in [0.2, 0.25) is 0 Å². The first-order chi connectivity index (χ1) is 13.5. The molecule has 2 N–H and O–H groups in total. The largest absolute Gasteiger partial charge is 0.493 e. The van der Waals surface area contributed by atoms with Crippen molar-refractivity contribution >= 4 is 17.9 Å². The molecule has 8 heteroatoms. The Morgan fingerprint density at radius 2 is 1.75 bits per heavy atom. The van der Waals surface area contributed by atoms with E-state index < -0.39 is 24.0 Å². The smallest absolute Gasteiger partial charge is 0.339 e. The first-order valence-electron chi connectivity index (χ1n) is 8.59. The summed E-state index contributed by atoms with van der Waals surface area (Å²) in [5.74, 6) is -0.667. The lowest BCUT2D eigenvalue weighted by molar-refractivity contribution is -0.129. The quantitative estimate of drug-likeness (QED) is 0.709. The second kappa shape index (κ2) is 9.96. The van der Waals surface area contributed by atoms with E-state index in [4.69, 9.17) is 14.2 Å². The average molecular weight is 386 g/mol. The summed E-state index contributed by atoms with van der Waals surface area (Å²) in [5.41, 5.74) is 0.601. The van der Waals surface area contributed by atoms with Crippen molar-refractivity contribution in [2.45, 2.75) is 13.0 Å². The number of hydrogen-bond donors (Lipinski definition) is 2. The minimum Gasteiger partial charge on any atom is -0.493 e. The highest BCUT2D eigenvalue weighted by Gasteiger charge is 2.27. The van der Waals surface area contributed by atoms with Gasteiger partial charge in [0.1, 0.15) is 0 Å². The highest BCUT2D eigenvalue weighted by atomic mass is 16.5. The molecule has 0 radical (unpaired) electrons. The van der Waals surface area contributed by atoms with Gasteiger partial charge in [0.05, 0.1) is 19.3 Å². The van der Waals surface area contributed by atoms with Crippen molar-refractivity contribution < 1.29 is 28.6 Å². The lowest BCUT2D eigenvalue weighted by Crippen LogP contribution is -2.41. The first-order valence-corrected chi connectivity index (χ1v) is 8.59. The molecule has 0 bridgehead atoms. The molecule has 0 aliphatic carbocycles. The van der Waals surface area contributed by atoms with Gasteiger partial charge in [-0.1, -0.05) is 30.3 Å². The second-order valence-electron chi connectivity index (χ2n) is 5.56. The predicted octanol–water partition coefficient (Wildman–Crippen LogP) is 2.45. The van der Waals surface area contributed by atoms with Crippen LogP contribution in [0.25, 0.3) is 0 Å². The molecule has 0 aliphatic rings. The molecule has 0 heterocycles. The zero-order valence-corrected chi connectivity index (χ0v) is 15.9. The molecule has 2 aromatic rings. The zero-order chi connectivity index (χ0) is 20.5. The van der Waals surface area contributed by atoms with Gasteiger partial charge in [0.15, 0.2) is 11.5 Å². The van der Waals surface area contributed by atoms with E-state index in [9.17, 15) is 14.4 Å². The molecule has 8 nitrogen and oxygen atoms in total. The summed E-state index contributed by atoms with van der Waals surface area (Å²) in [6, 6.07) is 12.3. The van der Waals surface area contributed by atoms with Crippen LogP contribution in [0, 0.1) is 0 Å². The number of urea groups is 1. The number of carbonyl (C=O) groups is 3. The van der Waals surface area contributed by atoms with Crippen LogP contribution >= 0.6 is 0 Å². The Balaban J connectivity index is 2.27. The molecular formula is C20H22N2O6. The maximum Gasteiger partial charge on any atom is 0.339 e. The predicted molar refractivity (Wildman–Crippen MR) is 101 cm³/mol. The van der Waals surface area contributed by atoms with Crippen LogP contribution in [-0.2, 0) is 9.53 Å². The lowest BCUT2D eigenvalue weighted by atomic mass is 10.1. The van der Waals surface area contributed by atoms with Gasteiger partial charge < -0.3 is 19.5 Å². The average Bonchev–Trinajstić information content (AvgIpc) is 2.72. The summed E-state index contributed by atoms with van der Waals surface area (Å²) in [4.78, 5) is 36.6. The third-order valence-electron chi connectivity index (χ3n) is 3.73. The molecule has 0 aliphatic heterocycles. The van der Waals surface area contributed by atoms with Crippen molar-refractivity contribution in [2.75, 3.05) is 20.8 Å². The molecule has 1 atom stereocenters. The fraction of sp³-hybridized carbons (Fsp3) is 0.250. The fourth-order valence-electron chi connectivity index (χ4n) is 2.39. The summed E-state index contributed by atoms with van der Waals surface area (Å²) in [6.07, 6.45) is -1.30. The van der Waals surface area contributed by atoms with Crippen LogP contribution in [0.4, 0.5) is 4.79 Å². The Morgan fingerprint density at radius 3 is 2.36 bits per heavy atom. The van der Waals surface area contributed by atoms with E-state index in [2.05, 4.69) is 10.6 Å². The maximum absolute atomic E-state index is 12.6. The van der Waals surface area contributed by atoms with Gasteiger partial charge in [0, 0.05) is 12.6 Å². The van der Waals surface area contributed by atoms with Gasteiger partial charge >= 0.3 is 12.0 Å². The van der Waals surface area contributed by atoms with E-state index >= 15 is 0 Å². The van der Waals surface area contributed by atoms with Gasteiger partial charge in [-0.3, -0.25) is 10.1 Å². The Bertz CT molecular complexity index is 838. The molecule has 0 saturated carbocycles. The van der Waals surface area contributed by atoms with Gasteiger partial charge in [-0.25, -0.2) is 9.59 Å². The molecule has 28 heavy (non-hydrogen) atoms. The Kier molecular flexibility index (Phi) is 7.38. The second-order valence-corrected chi connectivity index (χ2v) is 5.56. The van der Waals surface area contributed by atoms with Crippen LogP contribution < -0.4 is 20.1 Å². The number of esters is 1. The van der Waals surface area contributed by atoms with Crippen molar-refractivity contribution in [3.8, 4) is 11.5 Å². The van der Waals surface area contributed by atoms with E-state index in [-0.39, 0.29) is 5.56 Å². The number of nitrogens with one attached hydrogen (secondary N) is 2. The summed E-state index contributed by atoms with van der Waals surface area (Å²) in [6.45, 7) is 2.27. The molecule has 148 valence electrons. The van der Waals surface area contributed by atoms with E-state index in [1.807, 2.05) is 6.92 Å². The Labute approximate surface area is 162 Å². The molecule has 2 aromatic carbocycles. The van der Waals surface area contributed by atoms with Gasteiger partial charge in [-0.2, -0.15) is 0 Å². The summed E-state index contributed by atoms with van der Waals surface area (Å²) < 4.78 is 16.1. The van der Waals surface area contributed by atoms with Gasteiger partial charge in [-0.15, -0.1) is 0 Å². The number of carbonyl (C=O) groups excluding carboxylic acids is 3. The Morgan fingerprint density at radius 1 is 1.04 bits per heavy atom. The Hall–Kier alpha value is -3.55. The molecular weight excluding hydrogens is 364 g/mol. The minimum absolute atomic E-state index is 0.175. The van der Waals surface area contributed by atoms with Crippen molar-refractivity contribution in [1.82, 2.24) is 10.6 Å². The molecule has 0 aromatic heterocycles. The highest BCUT2D eigenvalue weighted by molar-refractivity contribution is 5.99. The highest BCUT2D eigenvalue weighted by Crippen LogP contribution is 2.29. The molecule has 0 spiro atoms. The van der Waals surface area contributed by atoms with Crippen molar-refractivity contribution in [3.63, 3.8) is 0 Å². The molecule has 2 rings (SSSR count). The van der Waals surface area contributed by atoms with E-state index in [0.717, 1.165) is 0 Å². The van der Waals surface area contributed by atoms with Crippen LogP contribution in [-0.4, -0.2) is 38.7 Å². The van der Waals surface area contributed by atoms with Crippen LogP contribution in [0.3, 0.4) is 0 Å². The standard InChI is InChI=1S/C20H22N2O6/c1-4-27-15-11-10-14(12-16(15)26-3)19(24)28-17(13-8-6-5-7-9-13)18(23)22-20(25)21-2/h5-12,17H,4H2,1-3H3,(H2,21,22,23,25)/t17-/m1/s1. The van der Waals surface area contributed by atoms with E-state index in [0.29, 0.717) is 23.7 Å². The van der Waals surface area contributed by atoms with Crippen LogP contribution in [0.5, 0.6) is 11.5 Å². The SMILES string of the molecule is CCOc1ccc(C(=O)O[C@@H](C(=O)NC(=O)NC)c2ccccc2)cc1OC. The van der Waals surface area contributed by atoms with Crippen molar-refractivity contribution in [3.05, 3.63) is 59.7 Å². The zero-order valence-electron chi connectivity index (χ0n) is 15.9. The fourth-order valence-corrected chi connectivity index (χ4v) is 2.39. The lowest BCUT2D eigenvalue weighted by Gasteiger charge is -2.18. The summed E-state index contributed by atoms with van der Waals surface area (Å²) in [5, 5.41) is 4.40. The summed E-state index contributed by atoms with van der Waals surface area (Å²) in [7, 11) is 2.83. The molecule has 0 unspecified atom stereocenters. The maximum atomic E-state index is 12.6. The van der Waals surface area contributed by atoms with Crippen LogP contribution in [0.15, 0.2) is 48.5 Å². The summed E-state index contributed by atoms with van der Waals surface area (Å²) >= 11 is 0.